The van der Waals surface area contributed by atoms with E-state index in [4.69, 9.17) is 0 Å². The van der Waals surface area contributed by atoms with E-state index in [9.17, 15) is 5.26 Å². The normalized spacial score (nSPS) is 16.7. The third-order valence-electron chi connectivity index (χ3n) is 3.38. The molecular weight excluding hydrogens is 224 g/mol. The Morgan fingerprint density at radius 2 is 2.28 bits per heavy atom. The molecule has 1 aromatic carbocycles. The van der Waals surface area contributed by atoms with Gasteiger partial charge < -0.3 is 4.57 Å². The van der Waals surface area contributed by atoms with Gasteiger partial charge in [0.2, 0.25) is 0 Å². The fourth-order valence-electron chi connectivity index (χ4n) is 2.27. The van der Waals surface area contributed by atoms with Crippen LogP contribution in [0.2, 0.25) is 0 Å². The lowest BCUT2D eigenvalue weighted by atomic mass is 10.3. The maximum Gasteiger partial charge on any atom is 0.114 e. The van der Waals surface area contributed by atoms with Gasteiger partial charge in [-0.25, -0.2) is 4.98 Å². The second-order valence-electron chi connectivity index (χ2n) is 4.88. The number of para-hydroxylation sites is 2. The number of hydrogen-bond acceptors (Lipinski definition) is 3. The highest BCUT2D eigenvalue weighted by atomic mass is 15.1. The second-order valence-corrected chi connectivity index (χ2v) is 4.88. The molecule has 1 aliphatic carbocycles. The van der Waals surface area contributed by atoms with Crippen LogP contribution in [0.1, 0.15) is 18.7 Å². The van der Waals surface area contributed by atoms with E-state index in [2.05, 4.69) is 27.0 Å². The molecule has 4 nitrogen and oxygen atoms in total. The summed E-state index contributed by atoms with van der Waals surface area (Å²) in [5, 5.41) is 12.6. The summed E-state index contributed by atoms with van der Waals surface area (Å²) in [5.41, 5.74) is 2.10. The lowest BCUT2D eigenvalue weighted by molar-refractivity contribution is 0.520. The van der Waals surface area contributed by atoms with E-state index in [0.29, 0.717) is 12.6 Å². The maximum atomic E-state index is 9.22. The number of aryl methyl sites for hydroxylation is 1. The number of benzene rings is 1. The second kappa shape index (κ2) is 4.43. The van der Waals surface area contributed by atoms with Crippen molar-refractivity contribution in [2.45, 2.75) is 38.4 Å². The molecule has 0 aliphatic heterocycles. The summed E-state index contributed by atoms with van der Waals surface area (Å²) in [4.78, 5) is 4.52. The summed E-state index contributed by atoms with van der Waals surface area (Å²) in [5.74, 6) is 0.967. The van der Waals surface area contributed by atoms with Gasteiger partial charge in [0.05, 0.1) is 23.6 Å². The molecule has 2 aromatic rings. The highest BCUT2D eigenvalue weighted by Crippen LogP contribution is 2.21. The molecule has 0 spiro atoms. The van der Waals surface area contributed by atoms with Crippen molar-refractivity contribution in [1.29, 1.82) is 5.26 Å². The van der Waals surface area contributed by atoms with Gasteiger partial charge in [-0.3, -0.25) is 5.32 Å². The Balaban J connectivity index is 1.88. The van der Waals surface area contributed by atoms with Crippen LogP contribution in [-0.2, 0) is 6.54 Å². The quantitative estimate of drug-likeness (QED) is 0.889. The van der Waals surface area contributed by atoms with Crippen LogP contribution in [0.3, 0.4) is 0 Å². The van der Waals surface area contributed by atoms with Gasteiger partial charge in [-0.1, -0.05) is 12.1 Å². The predicted molar refractivity (Wildman–Crippen MR) is 70.0 cm³/mol. The van der Waals surface area contributed by atoms with E-state index in [1.54, 1.807) is 0 Å². The Morgan fingerprint density at radius 3 is 3.00 bits per heavy atom. The largest absolute Gasteiger partial charge is 0.326 e. The molecule has 0 radical (unpaired) electrons. The minimum absolute atomic E-state index is 0.131. The summed E-state index contributed by atoms with van der Waals surface area (Å²) >= 11 is 0. The van der Waals surface area contributed by atoms with Gasteiger partial charge in [-0.05, 0) is 31.9 Å². The molecular formula is C14H16N4. The monoisotopic (exact) mass is 240 g/mol. The predicted octanol–water partition coefficient (Wildman–Crippen LogP) is 1.99. The van der Waals surface area contributed by atoms with Gasteiger partial charge in [-0.2, -0.15) is 5.26 Å². The summed E-state index contributed by atoms with van der Waals surface area (Å²) in [6.45, 7) is 2.66. The first-order valence-electron chi connectivity index (χ1n) is 6.35. The van der Waals surface area contributed by atoms with E-state index in [1.165, 1.54) is 12.8 Å². The van der Waals surface area contributed by atoms with Crippen LogP contribution >= 0.6 is 0 Å². The molecule has 18 heavy (non-hydrogen) atoms. The standard InChI is InChI=1S/C14H16N4/c1-10-16-13-4-2-3-5-14(13)18(10)9-12(8-15)17-11-6-7-11/h2-5,11-12,17H,6-7,9H2,1H3. The van der Waals surface area contributed by atoms with Gasteiger partial charge >= 0.3 is 0 Å². The van der Waals surface area contributed by atoms with Crippen molar-refractivity contribution in [2.75, 3.05) is 0 Å². The Labute approximate surface area is 106 Å². The first kappa shape index (κ1) is 11.2. The van der Waals surface area contributed by atoms with E-state index in [0.717, 1.165) is 16.9 Å². The SMILES string of the molecule is Cc1nc2ccccc2n1CC(C#N)NC1CC1. The number of nitrogens with zero attached hydrogens (tertiary/aromatic N) is 3. The molecule has 4 heteroatoms. The van der Waals surface area contributed by atoms with Crippen molar-refractivity contribution in [3.63, 3.8) is 0 Å². The lowest BCUT2D eigenvalue weighted by Crippen LogP contribution is -2.33. The zero-order valence-electron chi connectivity index (χ0n) is 10.4. The molecule has 1 fully saturated rings. The van der Waals surface area contributed by atoms with Crippen molar-refractivity contribution >= 4 is 11.0 Å². The highest BCUT2D eigenvalue weighted by Gasteiger charge is 2.25. The third kappa shape index (κ3) is 2.09. The Bertz CT molecular complexity index is 604. The number of aromatic nitrogens is 2. The highest BCUT2D eigenvalue weighted by molar-refractivity contribution is 5.75. The number of hydrogen-bond donors (Lipinski definition) is 1. The fraction of sp³-hybridized carbons (Fsp3) is 0.429. The zero-order valence-corrected chi connectivity index (χ0v) is 10.4. The van der Waals surface area contributed by atoms with Gasteiger partial charge in [0.15, 0.2) is 0 Å². The molecule has 1 N–H and O–H groups in total. The first-order valence-corrected chi connectivity index (χ1v) is 6.35. The number of nitrogens with one attached hydrogen (secondary N) is 1. The molecule has 3 rings (SSSR count). The molecule has 1 atom stereocenters. The van der Waals surface area contributed by atoms with Crippen LogP contribution in [-0.4, -0.2) is 21.6 Å². The summed E-state index contributed by atoms with van der Waals surface area (Å²) in [6.07, 6.45) is 2.39. The van der Waals surface area contributed by atoms with Crippen molar-refractivity contribution in [1.82, 2.24) is 14.9 Å². The van der Waals surface area contributed by atoms with E-state index < -0.39 is 0 Å². The first-order chi connectivity index (χ1) is 8.78. The Kier molecular flexibility index (Phi) is 2.77. The van der Waals surface area contributed by atoms with Crippen LogP contribution in [0.5, 0.6) is 0 Å². The van der Waals surface area contributed by atoms with Gasteiger partial charge in [0.25, 0.3) is 0 Å². The Morgan fingerprint density at radius 1 is 1.50 bits per heavy atom. The van der Waals surface area contributed by atoms with Crippen molar-refractivity contribution < 1.29 is 0 Å². The molecule has 0 amide bonds. The average molecular weight is 240 g/mol. The molecule has 0 bridgehead atoms. The van der Waals surface area contributed by atoms with Crippen molar-refractivity contribution in [3.8, 4) is 6.07 Å². The van der Waals surface area contributed by atoms with Gasteiger partial charge in [-0.15, -0.1) is 0 Å². The van der Waals surface area contributed by atoms with Gasteiger partial charge in [0.1, 0.15) is 11.9 Å². The van der Waals surface area contributed by atoms with Crippen LogP contribution in [0, 0.1) is 18.3 Å². The lowest BCUT2D eigenvalue weighted by Gasteiger charge is -2.13. The molecule has 1 saturated carbocycles. The zero-order chi connectivity index (χ0) is 12.5. The van der Waals surface area contributed by atoms with Crippen LogP contribution in [0.4, 0.5) is 0 Å². The van der Waals surface area contributed by atoms with Crippen molar-refractivity contribution in [3.05, 3.63) is 30.1 Å². The molecule has 1 heterocycles. The average Bonchev–Trinajstić information content (AvgIpc) is 3.13. The summed E-state index contributed by atoms with van der Waals surface area (Å²) in [7, 11) is 0. The molecule has 0 saturated heterocycles. The minimum Gasteiger partial charge on any atom is -0.326 e. The molecule has 92 valence electrons. The van der Waals surface area contributed by atoms with E-state index in [1.807, 2.05) is 25.1 Å². The van der Waals surface area contributed by atoms with E-state index >= 15 is 0 Å². The molecule has 1 aromatic heterocycles. The fourth-order valence-corrected chi connectivity index (χ4v) is 2.27. The topological polar surface area (TPSA) is 53.6 Å². The van der Waals surface area contributed by atoms with Crippen molar-refractivity contribution in [2.24, 2.45) is 0 Å². The number of nitriles is 1. The number of rotatable bonds is 4. The number of fused-ring (bicyclic) bond motifs is 1. The third-order valence-corrected chi connectivity index (χ3v) is 3.38. The molecule has 1 aliphatic rings. The molecule has 1 unspecified atom stereocenters. The maximum absolute atomic E-state index is 9.22. The summed E-state index contributed by atoms with van der Waals surface area (Å²) < 4.78 is 2.12. The van der Waals surface area contributed by atoms with E-state index in [-0.39, 0.29) is 6.04 Å². The van der Waals surface area contributed by atoms with Crippen LogP contribution in [0.25, 0.3) is 11.0 Å². The number of imidazole rings is 1. The minimum atomic E-state index is -0.131. The van der Waals surface area contributed by atoms with Crippen LogP contribution < -0.4 is 5.32 Å². The Hall–Kier alpha value is -1.86. The van der Waals surface area contributed by atoms with Crippen LogP contribution in [0.15, 0.2) is 24.3 Å². The van der Waals surface area contributed by atoms with Gasteiger partial charge in [0, 0.05) is 6.04 Å². The summed E-state index contributed by atoms with van der Waals surface area (Å²) in [6, 6.07) is 10.8. The smallest absolute Gasteiger partial charge is 0.114 e.